The molecule has 4 N–H and O–H groups in total. The van der Waals surface area contributed by atoms with Gasteiger partial charge in [0, 0.05) is 49.7 Å². The predicted octanol–water partition coefficient (Wildman–Crippen LogP) is 2.24. The molecule has 6 rings (SSSR count). The molecule has 0 radical (unpaired) electrons. The lowest BCUT2D eigenvalue weighted by Crippen LogP contribution is -2.34. The summed E-state index contributed by atoms with van der Waals surface area (Å²) in [6.45, 7) is 0. The highest BCUT2D eigenvalue weighted by Gasteiger charge is 2.14. The molecule has 1 aliphatic rings. The summed E-state index contributed by atoms with van der Waals surface area (Å²) in [7, 11) is 6.55. The van der Waals surface area contributed by atoms with Crippen molar-refractivity contribution in [2.24, 2.45) is 0 Å². The van der Waals surface area contributed by atoms with Crippen molar-refractivity contribution in [2.45, 2.75) is 0 Å². The van der Waals surface area contributed by atoms with Crippen LogP contribution in [0.4, 0.5) is 5.69 Å². The molecule has 1 aliphatic heterocycles. The van der Waals surface area contributed by atoms with Gasteiger partial charge in [-0.2, -0.15) is 0 Å². The number of hydrogen-bond donors (Lipinski definition) is 4. The molecule has 0 amide bonds. The van der Waals surface area contributed by atoms with E-state index in [-0.39, 0.29) is 0 Å². The number of aromatic nitrogens is 4. The first-order chi connectivity index (χ1) is 16.4. The fourth-order valence-corrected chi connectivity index (χ4v) is 4.51. The number of fused-ring (bicyclic) bond motifs is 8. The average Bonchev–Trinajstić information content (AvgIpc) is 3.59. The second-order valence-electron chi connectivity index (χ2n) is 9.76. The molecule has 0 spiro atoms. The summed E-state index contributed by atoms with van der Waals surface area (Å²) < 4.78 is 0.784. The Labute approximate surface area is 197 Å². The molecule has 5 aromatic rings. The van der Waals surface area contributed by atoms with Gasteiger partial charge in [0.05, 0.1) is 21.1 Å². The Morgan fingerprint density at radius 3 is 1.71 bits per heavy atom. The third-order valence-electron chi connectivity index (χ3n) is 6.28. The van der Waals surface area contributed by atoms with E-state index in [9.17, 15) is 0 Å². The Kier molecular flexibility index (Phi) is 4.61. The average molecular weight is 447 g/mol. The summed E-state index contributed by atoms with van der Waals surface area (Å²) in [5, 5.41) is 4.24. The SMILES string of the molecule is C[N+](C)(C)c1ccc(C2=c3ccc([nH]3)=Cc3ccc([nH]3)C=c3ccc([nH]3)=Cc3ccc2[nH]3)cc1. The van der Waals surface area contributed by atoms with Crippen molar-refractivity contribution in [1.29, 1.82) is 0 Å². The van der Waals surface area contributed by atoms with E-state index >= 15 is 0 Å². The molecular weight excluding hydrogens is 418 g/mol. The van der Waals surface area contributed by atoms with Crippen LogP contribution in [0, 0.1) is 0 Å². The Hall–Kier alpha value is -4.22. The van der Waals surface area contributed by atoms with E-state index in [4.69, 9.17) is 0 Å². The van der Waals surface area contributed by atoms with Crippen molar-refractivity contribution < 1.29 is 0 Å². The Bertz CT molecular complexity index is 1730. The number of benzene rings is 1. The lowest BCUT2D eigenvalue weighted by molar-refractivity contribution is 0.486. The largest absolute Gasteiger partial charge is 0.355 e. The van der Waals surface area contributed by atoms with Gasteiger partial charge in [0.2, 0.25) is 0 Å². The van der Waals surface area contributed by atoms with Gasteiger partial charge in [0.25, 0.3) is 0 Å². The minimum absolute atomic E-state index is 0.784. The van der Waals surface area contributed by atoms with Gasteiger partial charge in [0.1, 0.15) is 5.69 Å². The van der Waals surface area contributed by atoms with Crippen molar-refractivity contribution in [3.63, 3.8) is 0 Å². The molecule has 1 aromatic carbocycles. The molecule has 0 aliphatic carbocycles. The quantitative estimate of drug-likeness (QED) is 0.295. The van der Waals surface area contributed by atoms with Gasteiger partial charge in [-0.3, -0.25) is 4.48 Å². The van der Waals surface area contributed by atoms with Gasteiger partial charge < -0.3 is 19.9 Å². The molecule has 5 nitrogen and oxygen atoms in total. The third-order valence-corrected chi connectivity index (χ3v) is 6.28. The lowest BCUT2D eigenvalue weighted by atomic mass is 10.0. The maximum absolute atomic E-state index is 3.62. The Morgan fingerprint density at radius 2 is 1.06 bits per heavy atom. The summed E-state index contributed by atoms with van der Waals surface area (Å²) in [5.41, 5.74) is 7.82. The lowest BCUT2D eigenvalue weighted by Gasteiger charge is -2.23. The highest BCUT2D eigenvalue weighted by Crippen LogP contribution is 2.24. The molecule has 0 fully saturated rings. The van der Waals surface area contributed by atoms with Crippen LogP contribution in [0.15, 0.2) is 72.8 Å². The van der Waals surface area contributed by atoms with Crippen LogP contribution >= 0.6 is 0 Å². The molecule has 168 valence electrons. The van der Waals surface area contributed by atoms with Gasteiger partial charge in [-0.1, -0.05) is 0 Å². The monoisotopic (exact) mass is 446 g/mol. The van der Waals surface area contributed by atoms with Crippen LogP contribution in [0.2, 0.25) is 0 Å². The fraction of sp³-hybridized carbons (Fsp3) is 0.103. The van der Waals surface area contributed by atoms with Crippen molar-refractivity contribution in [1.82, 2.24) is 24.4 Å². The number of nitrogens with one attached hydrogen (secondary N) is 4. The topological polar surface area (TPSA) is 63.2 Å². The van der Waals surface area contributed by atoms with Crippen LogP contribution in [0.3, 0.4) is 0 Å². The van der Waals surface area contributed by atoms with Crippen molar-refractivity contribution in [3.05, 3.63) is 123 Å². The minimum Gasteiger partial charge on any atom is -0.355 e. The molecule has 0 atom stereocenters. The zero-order valence-electron chi connectivity index (χ0n) is 19.6. The zero-order chi connectivity index (χ0) is 23.3. The number of nitrogens with zero attached hydrogens (tertiary/aromatic N) is 1. The van der Waals surface area contributed by atoms with E-state index in [1.54, 1.807) is 0 Å². The number of quaternary nitrogens is 1. The van der Waals surface area contributed by atoms with Crippen LogP contribution < -0.4 is 25.9 Å². The predicted molar refractivity (Wildman–Crippen MR) is 140 cm³/mol. The molecule has 8 bridgehead atoms. The molecular formula is C29H28N5+. The highest BCUT2D eigenvalue weighted by atomic mass is 15.3. The Morgan fingerprint density at radius 1 is 0.500 bits per heavy atom. The first-order valence-electron chi connectivity index (χ1n) is 11.5. The zero-order valence-corrected chi connectivity index (χ0v) is 19.6. The van der Waals surface area contributed by atoms with Crippen molar-refractivity contribution in [3.8, 4) is 0 Å². The first-order valence-corrected chi connectivity index (χ1v) is 11.5. The van der Waals surface area contributed by atoms with Crippen LogP contribution in [-0.2, 0) is 0 Å². The number of hydrogen-bond acceptors (Lipinski definition) is 0. The van der Waals surface area contributed by atoms with E-state index in [1.807, 2.05) is 0 Å². The molecule has 5 heteroatoms. The summed E-state index contributed by atoms with van der Waals surface area (Å²) in [6, 6.07) is 25.8. The summed E-state index contributed by atoms with van der Waals surface area (Å²) in [4.78, 5) is 14.2. The van der Waals surface area contributed by atoms with E-state index in [1.165, 1.54) is 11.3 Å². The van der Waals surface area contributed by atoms with E-state index in [0.29, 0.717) is 0 Å². The number of aromatic amines is 4. The van der Waals surface area contributed by atoms with Crippen LogP contribution in [0.25, 0.3) is 23.8 Å². The molecule has 0 unspecified atom stereocenters. The second-order valence-corrected chi connectivity index (χ2v) is 9.76. The fourth-order valence-electron chi connectivity index (χ4n) is 4.51. The number of H-pyrrole nitrogens is 4. The summed E-state index contributed by atoms with van der Waals surface area (Å²) in [5.74, 6) is 0. The molecule has 34 heavy (non-hydrogen) atoms. The summed E-state index contributed by atoms with van der Waals surface area (Å²) >= 11 is 0. The van der Waals surface area contributed by atoms with Crippen molar-refractivity contribution in [2.75, 3.05) is 21.1 Å². The van der Waals surface area contributed by atoms with Gasteiger partial charge in [-0.15, -0.1) is 0 Å². The first kappa shape index (κ1) is 20.4. The van der Waals surface area contributed by atoms with Crippen molar-refractivity contribution >= 4 is 29.5 Å². The third kappa shape index (κ3) is 3.87. The maximum atomic E-state index is 3.62. The van der Waals surface area contributed by atoms with Crippen LogP contribution in [0.5, 0.6) is 0 Å². The summed E-state index contributed by atoms with van der Waals surface area (Å²) in [6.07, 6.45) is 6.39. The number of rotatable bonds is 2. The maximum Gasteiger partial charge on any atom is 0.132 e. The smallest absolute Gasteiger partial charge is 0.132 e. The van der Waals surface area contributed by atoms with Crippen LogP contribution in [-0.4, -0.2) is 41.1 Å². The molecule has 0 saturated carbocycles. The molecule has 0 saturated heterocycles. The normalized spacial score (nSPS) is 13.2. The molecule has 5 heterocycles. The second kappa shape index (κ2) is 7.68. The van der Waals surface area contributed by atoms with Gasteiger partial charge in [-0.05, 0) is 96.6 Å². The van der Waals surface area contributed by atoms with Gasteiger partial charge in [-0.25, -0.2) is 0 Å². The van der Waals surface area contributed by atoms with Crippen LogP contribution in [0.1, 0.15) is 28.3 Å². The minimum atomic E-state index is 0.784. The van der Waals surface area contributed by atoms with E-state index < -0.39 is 0 Å². The molecule has 4 aromatic heterocycles. The van der Waals surface area contributed by atoms with Gasteiger partial charge >= 0.3 is 0 Å². The highest BCUT2D eigenvalue weighted by molar-refractivity contribution is 5.78. The van der Waals surface area contributed by atoms with E-state index in [2.05, 4.69) is 132 Å². The standard InChI is InChI=1S/C29H28N5/c1-34(2,3)26-12-4-19(5-13-26)29-27-14-10-24(32-27)17-22-8-6-20(30-22)16-21-7-9-23(31-21)18-25-11-15-28(29)33-25/h4-18,30-33H,1-3H3/q+1. The van der Waals surface area contributed by atoms with Gasteiger partial charge in [0.15, 0.2) is 0 Å². The van der Waals surface area contributed by atoms with E-state index in [0.717, 1.165) is 54.2 Å². The Balaban J connectivity index is 1.61.